The quantitative estimate of drug-likeness (QED) is 0.403. The van der Waals surface area contributed by atoms with Crippen LogP contribution in [0.5, 0.6) is 0 Å². The van der Waals surface area contributed by atoms with Gasteiger partial charge in [0, 0.05) is 19.1 Å². The first kappa shape index (κ1) is 16.3. The van der Waals surface area contributed by atoms with Crippen molar-refractivity contribution in [2.45, 2.75) is 58.9 Å². The maximum atomic E-state index is 4.75. The van der Waals surface area contributed by atoms with Crippen molar-refractivity contribution in [1.29, 1.82) is 0 Å². The van der Waals surface area contributed by atoms with E-state index in [1.54, 1.807) is 0 Å². The molecule has 0 saturated carbocycles. The normalized spacial score (nSPS) is 18.6. The summed E-state index contributed by atoms with van der Waals surface area (Å²) in [6, 6.07) is 0.615. The molecule has 4 heteroatoms. The molecule has 112 valence electrons. The van der Waals surface area contributed by atoms with E-state index in [1.165, 1.54) is 45.2 Å². The number of hydrogen-bond acceptors (Lipinski definition) is 2. The fraction of sp³-hybridized carbons (Fsp3) is 0.933. The van der Waals surface area contributed by atoms with Gasteiger partial charge in [-0.2, -0.15) is 0 Å². The molecule has 0 aliphatic carbocycles. The summed E-state index contributed by atoms with van der Waals surface area (Å²) in [6.45, 7) is 12.0. The lowest BCUT2D eigenvalue weighted by molar-refractivity contribution is 0.242. The fourth-order valence-corrected chi connectivity index (χ4v) is 2.53. The number of nitrogens with one attached hydrogen (secondary N) is 2. The Labute approximate surface area is 119 Å². The number of aliphatic imine (C=N–C) groups is 1. The molecule has 1 unspecified atom stereocenters. The van der Waals surface area contributed by atoms with E-state index >= 15 is 0 Å². The van der Waals surface area contributed by atoms with Crippen LogP contribution in [-0.4, -0.2) is 49.6 Å². The first-order chi connectivity index (χ1) is 9.31. The van der Waals surface area contributed by atoms with Crippen LogP contribution >= 0.6 is 0 Å². The highest BCUT2D eigenvalue weighted by atomic mass is 15.2. The molecular weight excluding hydrogens is 236 g/mol. The molecule has 1 fully saturated rings. The van der Waals surface area contributed by atoms with E-state index in [2.05, 4.69) is 36.3 Å². The van der Waals surface area contributed by atoms with Gasteiger partial charge < -0.3 is 10.6 Å². The molecule has 0 spiro atoms. The van der Waals surface area contributed by atoms with Crippen LogP contribution in [0.1, 0.15) is 52.9 Å². The molecule has 1 atom stereocenters. The van der Waals surface area contributed by atoms with Crippen molar-refractivity contribution in [2.24, 2.45) is 4.99 Å². The van der Waals surface area contributed by atoms with Crippen molar-refractivity contribution in [3.05, 3.63) is 0 Å². The van der Waals surface area contributed by atoms with Crippen LogP contribution in [0.25, 0.3) is 0 Å². The molecule has 1 rings (SSSR count). The molecule has 0 aromatic carbocycles. The average Bonchev–Trinajstić information content (AvgIpc) is 2.93. The Kier molecular flexibility index (Phi) is 8.63. The Bertz CT molecular complexity index is 247. The third-order valence-electron chi connectivity index (χ3n) is 3.76. The van der Waals surface area contributed by atoms with E-state index in [4.69, 9.17) is 4.99 Å². The number of nitrogens with zero attached hydrogens (tertiary/aromatic N) is 2. The van der Waals surface area contributed by atoms with Crippen LogP contribution < -0.4 is 10.6 Å². The number of hydrogen-bond donors (Lipinski definition) is 2. The minimum absolute atomic E-state index is 0.615. The van der Waals surface area contributed by atoms with Gasteiger partial charge in [-0.1, -0.05) is 20.3 Å². The zero-order valence-electron chi connectivity index (χ0n) is 13.0. The highest BCUT2D eigenvalue weighted by Crippen LogP contribution is 2.14. The lowest BCUT2D eigenvalue weighted by atomic mass is 10.2. The summed E-state index contributed by atoms with van der Waals surface area (Å²) in [4.78, 5) is 7.35. The van der Waals surface area contributed by atoms with Gasteiger partial charge in [0.15, 0.2) is 5.96 Å². The third-order valence-corrected chi connectivity index (χ3v) is 3.76. The maximum absolute atomic E-state index is 4.75. The molecule has 1 saturated heterocycles. The standard InChI is InChI=1S/C15H32N4/c1-4-7-10-17-15(16-6-3)18-13-14(5-2)19-11-8-9-12-19/h14H,4-13H2,1-3H3,(H2,16,17,18). The Morgan fingerprint density at radius 1 is 1.16 bits per heavy atom. The lowest BCUT2D eigenvalue weighted by Crippen LogP contribution is -2.40. The third kappa shape index (κ3) is 6.28. The molecule has 0 aromatic rings. The van der Waals surface area contributed by atoms with E-state index in [0.717, 1.165) is 25.6 Å². The van der Waals surface area contributed by atoms with Gasteiger partial charge in [0.25, 0.3) is 0 Å². The monoisotopic (exact) mass is 268 g/mol. The molecule has 4 nitrogen and oxygen atoms in total. The topological polar surface area (TPSA) is 39.7 Å². The summed E-state index contributed by atoms with van der Waals surface area (Å²) in [7, 11) is 0. The van der Waals surface area contributed by atoms with E-state index in [9.17, 15) is 0 Å². The van der Waals surface area contributed by atoms with Crippen LogP contribution in [0.4, 0.5) is 0 Å². The molecule has 0 bridgehead atoms. The van der Waals surface area contributed by atoms with Crippen LogP contribution in [-0.2, 0) is 0 Å². The Hall–Kier alpha value is -0.770. The Morgan fingerprint density at radius 2 is 1.89 bits per heavy atom. The van der Waals surface area contributed by atoms with Crippen molar-refractivity contribution in [1.82, 2.24) is 15.5 Å². The summed E-state index contributed by atoms with van der Waals surface area (Å²) in [5, 5.41) is 6.74. The maximum Gasteiger partial charge on any atom is 0.191 e. The summed E-state index contributed by atoms with van der Waals surface area (Å²) < 4.78 is 0. The molecule has 0 aromatic heterocycles. The molecule has 2 N–H and O–H groups in total. The van der Waals surface area contributed by atoms with Crippen LogP contribution in [0.3, 0.4) is 0 Å². The van der Waals surface area contributed by atoms with Gasteiger partial charge in [-0.15, -0.1) is 0 Å². The summed E-state index contributed by atoms with van der Waals surface area (Å²) in [5.74, 6) is 0.980. The Balaban J connectivity index is 2.41. The number of likely N-dealkylation sites (tertiary alicyclic amines) is 1. The second-order valence-corrected chi connectivity index (χ2v) is 5.31. The van der Waals surface area contributed by atoms with Gasteiger partial charge >= 0.3 is 0 Å². The zero-order chi connectivity index (χ0) is 13.9. The first-order valence-corrected chi connectivity index (χ1v) is 8.08. The highest BCUT2D eigenvalue weighted by Gasteiger charge is 2.19. The van der Waals surface area contributed by atoms with Gasteiger partial charge in [0.1, 0.15) is 0 Å². The second-order valence-electron chi connectivity index (χ2n) is 5.31. The van der Waals surface area contributed by atoms with E-state index in [1.807, 2.05) is 0 Å². The molecule has 0 radical (unpaired) electrons. The van der Waals surface area contributed by atoms with Crippen molar-refractivity contribution in [2.75, 3.05) is 32.7 Å². The second kappa shape index (κ2) is 10.1. The molecule has 0 amide bonds. The Morgan fingerprint density at radius 3 is 2.47 bits per heavy atom. The molecule has 1 aliphatic rings. The number of unbranched alkanes of at least 4 members (excludes halogenated alkanes) is 1. The minimum atomic E-state index is 0.615. The summed E-state index contributed by atoms with van der Waals surface area (Å²) in [5.41, 5.74) is 0. The van der Waals surface area contributed by atoms with Gasteiger partial charge in [-0.05, 0) is 45.7 Å². The van der Waals surface area contributed by atoms with Crippen LogP contribution in [0, 0.1) is 0 Å². The van der Waals surface area contributed by atoms with Gasteiger partial charge in [-0.3, -0.25) is 9.89 Å². The largest absolute Gasteiger partial charge is 0.357 e. The predicted molar refractivity (Wildman–Crippen MR) is 83.8 cm³/mol. The highest BCUT2D eigenvalue weighted by molar-refractivity contribution is 5.79. The predicted octanol–water partition coefficient (Wildman–Crippen LogP) is 2.22. The summed E-state index contributed by atoms with van der Waals surface area (Å²) in [6.07, 6.45) is 6.33. The minimum Gasteiger partial charge on any atom is -0.357 e. The lowest BCUT2D eigenvalue weighted by Gasteiger charge is -2.25. The average molecular weight is 268 g/mol. The molecule has 19 heavy (non-hydrogen) atoms. The van der Waals surface area contributed by atoms with Gasteiger partial charge in [0.05, 0.1) is 6.54 Å². The van der Waals surface area contributed by atoms with Crippen molar-refractivity contribution >= 4 is 5.96 Å². The SMILES string of the molecule is CCCCNC(=NCC(CC)N1CCCC1)NCC. The van der Waals surface area contributed by atoms with Gasteiger partial charge in [0.2, 0.25) is 0 Å². The number of rotatable bonds is 8. The smallest absolute Gasteiger partial charge is 0.191 e. The van der Waals surface area contributed by atoms with E-state index in [-0.39, 0.29) is 0 Å². The van der Waals surface area contributed by atoms with Crippen molar-refractivity contribution < 1.29 is 0 Å². The number of guanidine groups is 1. The molecule has 1 heterocycles. The van der Waals surface area contributed by atoms with E-state index < -0.39 is 0 Å². The van der Waals surface area contributed by atoms with E-state index in [0.29, 0.717) is 6.04 Å². The van der Waals surface area contributed by atoms with Crippen LogP contribution in [0.15, 0.2) is 4.99 Å². The molecule has 1 aliphatic heterocycles. The summed E-state index contributed by atoms with van der Waals surface area (Å²) >= 11 is 0. The van der Waals surface area contributed by atoms with Gasteiger partial charge in [-0.25, -0.2) is 0 Å². The van der Waals surface area contributed by atoms with Crippen molar-refractivity contribution in [3.8, 4) is 0 Å². The van der Waals surface area contributed by atoms with Crippen molar-refractivity contribution in [3.63, 3.8) is 0 Å². The van der Waals surface area contributed by atoms with Crippen LogP contribution in [0.2, 0.25) is 0 Å². The fourth-order valence-electron chi connectivity index (χ4n) is 2.53. The molecular formula is C15H32N4. The first-order valence-electron chi connectivity index (χ1n) is 8.08. The zero-order valence-corrected chi connectivity index (χ0v) is 13.0.